The molecule has 2 rings (SSSR count). The fraction of sp³-hybridized carbons (Fsp3) is 0.375. The number of amides is 1. The van der Waals surface area contributed by atoms with Gasteiger partial charge in [0.15, 0.2) is 9.84 Å². The van der Waals surface area contributed by atoms with Gasteiger partial charge in [0, 0.05) is 11.8 Å². The number of nitrogens with one attached hydrogen (secondary N) is 1. The summed E-state index contributed by atoms with van der Waals surface area (Å²) < 4.78 is 27.9. The molecule has 0 unspecified atom stereocenters. The second kappa shape index (κ2) is 6.54. The lowest BCUT2D eigenvalue weighted by Gasteiger charge is -2.14. The van der Waals surface area contributed by atoms with E-state index >= 15 is 0 Å². The summed E-state index contributed by atoms with van der Waals surface area (Å²) in [6.45, 7) is 5.42. The van der Waals surface area contributed by atoms with E-state index in [1.165, 1.54) is 0 Å². The SMILES string of the molecule is Cc1noc(C)c1CC(=O)N[C@@H](C)c1ccc(S(C)(=O)=O)cc1. The van der Waals surface area contributed by atoms with Crippen LogP contribution in [0.25, 0.3) is 0 Å². The number of aromatic nitrogens is 1. The van der Waals surface area contributed by atoms with Gasteiger partial charge in [0.25, 0.3) is 0 Å². The molecule has 7 heteroatoms. The Labute approximate surface area is 135 Å². The molecular formula is C16H20N2O4S. The Morgan fingerprint density at radius 2 is 1.87 bits per heavy atom. The second-order valence-electron chi connectivity index (χ2n) is 5.61. The normalized spacial score (nSPS) is 12.9. The molecular weight excluding hydrogens is 316 g/mol. The number of hydrogen-bond acceptors (Lipinski definition) is 5. The van der Waals surface area contributed by atoms with Crippen LogP contribution in [0.15, 0.2) is 33.7 Å². The van der Waals surface area contributed by atoms with Gasteiger partial charge in [-0.1, -0.05) is 17.3 Å². The van der Waals surface area contributed by atoms with Crippen LogP contribution >= 0.6 is 0 Å². The topological polar surface area (TPSA) is 89.3 Å². The van der Waals surface area contributed by atoms with E-state index in [4.69, 9.17) is 4.52 Å². The first-order valence-corrected chi connectivity index (χ1v) is 9.08. The quantitative estimate of drug-likeness (QED) is 0.903. The lowest BCUT2D eigenvalue weighted by molar-refractivity contribution is -0.121. The molecule has 0 aliphatic carbocycles. The van der Waals surface area contributed by atoms with Crippen LogP contribution < -0.4 is 5.32 Å². The summed E-state index contributed by atoms with van der Waals surface area (Å²) in [7, 11) is -3.22. The van der Waals surface area contributed by atoms with E-state index < -0.39 is 9.84 Å². The summed E-state index contributed by atoms with van der Waals surface area (Å²) in [4.78, 5) is 12.4. The number of rotatable bonds is 5. The molecule has 6 nitrogen and oxygen atoms in total. The van der Waals surface area contributed by atoms with Crippen LogP contribution in [0.5, 0.6) is 0 Å². The molecule has 2 aromatic rings. The van der Waals surface area contributed by atoms with Crippen molar-refractivity contribution >= 4 is 15.7 Å². The molecule has 0 saturated carbocycles. The van der Waals surface area contributed by atoms with E-state index in [1.807, 2.05) is 6.92 Å². The fourth-order valence-corrected chi connectivity index (χ4v) is 2.92. The molecule has 124 valence electrons. The van der Waals surface area contributed by atoms with Gasteiger partial charge in [-0.25, -0.2) is 8.42 Å². The number of hydrogen-bond donors (Lipinski definition) is 1. The Bertz CT molecular complexity index is 788. The fourth-order valence-electron chi connectivity index (χ4n) is 2.29. The highest BCUT2D eigenvalue weighted by atomic mass is 32.2. The lowest BCUT2D eigenvalue weighted by Crippen LogP contribution is -2.28. The van der Waals surface area contributed by atoms with Crippen molar-refractivity contribution in [3.8, 4) is 0 Å². The predicted octanol–water partition coefficient (Wildman–Crippen LogP) is 2.11. The Morgan fingerprint density at radius 1 is 1.26 bits per heavy atom. The van der Waals surface area contributed by atoms with Crippen molar-refractivity contribution in [2.24, 2.45) is 0 Å². The number of sulfone groups is 1. The van der Waals surface area contributed by atoms with Crippen molar-refractivity contribution in [1.29, 1.82) is 0 Å². The van der Waals surface area contributed by atoms with Crippen molar-refractivity contribution in [1.82, 2.24) is 10.5 Å². The van der Waals surface area contributed by atoms with E-state index in [-0.39, 0.29) is 23.3 Å². The average molecular weight is 336 g/mol. The highest BCUT2D eigenvalue weighted by molar-refractivity contribution is 7.90. The Balaban J connectivity index is 2.04. The number of benzene rings is 1. The minimum absolute atomic E-state index is 0.140. The maximum absolute atomic E-state index is 12.1. The highest BCUT2D eigenvalue weighted by Gasteiger charge is 2.16. The molecule has 1 amide bonds. The highest BCUT2D eigenvalue weighted by Crippen LogP contribution is 2.17. The van der Waals surface area contributed by atoms with Gasteiger partial charge in [0.05, 0.1) is 23.1 Å². The van der Waals surface area contributed by atoms with Crippen molar-refractivity contribution in [2.75, 3.05) is 6.26 Å². The van der Waals surface area contributed by atoms with Crippen molar-refractivity contribution in [2.45, 2.75) is 38.1 Å². The molecule has 0 radical (unpaired) electrons. The van der Waals surface area contributed by atoms with Gasteiger partial charge in [-0.15, -0.1) is 0 Å². The van der Waals surface area contributed by atoms with Gasteiger partial charge in [-0.2, -0.15) is 0 Å². The maximum atomic E-state index is 12.1. The minimum Gasteiger partial charge on any atom is -0.361 e. The summed E-state index contributed by atoms with van der Waals surface area (Å²) in [5.74, 6) is 0.502. The summed E-state index contributed by atoms with van der Waals surface area (Å²) in [5.41, 5.74) is 2.34. The third kappa shape index (κ3) is 4.19. The summed E-state index contributed by atoms with van der Waals surface area (Å²) in [6.07, 6.45) is 1.36. The predicted molar refractivity (Wildman–Crippen MR) is 85.8 cm³/mol. The number of aryl methyl sites for hydroxylation is 2. The minimum atomic E-state index is -3.22. The zero-order valence-electron chi connectivity index (χ0n) is 13.6. The van der Waals surface area contributed by atoms with E-state index in [0.29, 0.717) is 11.5 Å². The molecule has 0 aliphatic heterocycles. The first-order valence-electron chi connectivity index (χ1n) is 7.19. The first-order chi connectivity index (χ1) is 10.7. The van der Waals surface area contributed by atoms with Crippen LogP contribution in [0.2, 0.25) is 0 Å². The lowest BCUT2D eigenvalue weighted by atomic mass is 10.1. The molecule has 1 N–H and O–H groups in total. The van der Waals surface area contributed by atoms with Crippen LogP contribution in [-0.4, -0.2) is 25.7 Å². The number of carbonyl (C=O) groups excluding carboxylic acids is 1. The Kier molecular flexibility index (Phi) is 4.89. The van der Waals surface area contributed by atoms with Gasteiger partial charge in [-0.3, -0.25) is 4.79 Å². The number of nitrogens with zero attached hydrogens (tertiary/aromatic N) is 1. The summed E-state index contributed by atoms with van der Waals surface area (Å²) >= 11 is 0. The molecule has 1 aromatic carbocycles. The van der Waals surface area contributed by atoms with E-state index in [2.05, 4.69) is 10.5 Å². The number of carbonyl (C=O) groups is 1. The van der Waals surface area contributed by atoms with Gasteiger partial charge in [0.2, 0.25) is 5.91 Å². The van der Waals surface area contributed by atoms with Crippen molar-refractivity contribution in [3.05, 3.63) is 46.8 Å². The maximum Gasteiger partial charge on any atom is 0.225 e. The smallest absolute Gasteiger partial charge is 0.225 e. The average Bonchev–Trinajstić information content (AvgIpc) is 2.78. The van der Waals surface area contributed by atoms with Crippen LogP contribution in [0.3, 0.4) is 0 Å². The van der Waals surface area contributed by atoms with Crippen molar-refractivity contribution in [3.63, 3.8) is 0 Å². The molecule has 0 aliphatic rings. The van der Waals surface area contributed by atoms with Gasteiger partial charge in [-0.05, 0) is 38.5 Å². The third-order valence-electron chi connectivity index (χ3n) is 3.70. The summed E-state index contributed by atoms with van der Waals surface area (Å²) in [6, 6.07) is 6.27. The molecule has 0 bridgehead atoms. The van der Waals surface area contributed by atoms with E-state index in [1.54, 1.807) is 38.1 Å². The molecule has 1 aromatic heterocycles. The van der Waals surface area contributed by atoms with E-state index in [0.717, 1.165) is 17.4 Å². The van der Waals surface area contributed by atoms with Crippen LogP contribution in [0.1, 0.15) is 35.5 Å². The molecule has 23 heavy (non-hydrogen) atoms. The zero-order chi connectivity index (χ0) is 17.2. The summed E-state index contributed by atoms with van der Waals surface area (Å²) in [5, 5.41) is 6.72. The standard InChI is InChI=1S/C16H20N2O4S/c1-10(13-5-7-14(8-6-13)23(4,20)21)17-16(19)9-15-11(2)18-22-12(15)3/h5-8,10H,9H2,1-4H3,(H,17,19)/t10-/m0/s1. The van der Waals surface area contributed by atoms with Gasteiger partial charge in [0.1, 0.15) is 5.76 Å². The van der Waals surface area contributed by atoms with E-state index in [9.17, 15) is 13.2 Å². The molecule has 0 saturated heterocycles. The Morgan fingerprint density at radius 3 is 2.35 bits per heavy atom. The van der Waals surface area contributed by atoms with Gasteiger partial charge < -0.3 is 9.84 Å². The van der Waals surface area contributed by atoms with Crippen LogP contribution in [-0.2, 0) is 21.1 Å². The van der Waals surface area contributed by atoms with Gasteiger partial charge >= 0.3 is 0 Å². The second-order valence-corrected chi connectivity index (χ2v) is 7.63. The third-order valence-corrected chi connectivity index (χ3v) is 4.83. The largest absolute Gasteiger partial charge is 0.361 e. The monoisotopic (exact) mass is 336 g/mol. The van der Waals surface area contributed by atoms with Crippen molar-refractivity contribution < 1.29 is 17.7 Å². The Hall–Kier alpha value is -2.15. The molecule has 1 atom stereocenters. The van der Waals surface area contributed by atoms with Crippen LogP contribution in [0.4, 0.5) is 0 Å². The zero-order valence-corrected chi connectivity index (χ0v) is 14.4. The molecule has 0 fully saturated rings. The first kappa shape index (κ1) is 17.2. The molecule has 0 spiro atoms. The molecule has 1 heterocycles. The van der Waals surface area contributed by atoms with Crippen LogP contribution in [0, 0.1) is 13.8 Å².